The fourth-order valence-corrected chi connectivity index (χ4v) is 2.60. The predicted molar refractivity (Wildman–Crippen MR) is 89.3 cm³/mol. The summed E-state index contributed by atoms with van der Waals surface area (Å²) in [6.07, 6.45) is 1.28. The van der Waals surface area contributed by atoms with Crippen molar-refractivity contribution in [2.45, 2.75) is 20.4 Å². The van der Waals surface area contributed by atoms with E-state index in [1.165, 1.54) is 24.7 Å². The van der Waals surface area contributed by atoms with E-state index in [1.807, 2.05) is 31.2 Å². The Morgan fingerprint density at radius 3 is 2.58 bits per heavy atom. The number of ketones is 1. The van der Waals surface area contributed by atoms with E-state index in [0.717, 1.165) is 21.2 Å². The summed E-state index contributed by atoms with van der Waals surface area (Å²) in [4.78, 5) is 44.7. The Kier molecular flexibility index (Phi) is 3.84. The van der Waals surface area contributed by atoms with Crippen LogP contribution in [0.1, 0.15) is 28.8 Å². The predicted octanol–water partition coefficient (Wildman–Crippen LogP) is 1.05. The lowest BCUT2D eigenvalue weighted by Gasteiger charge is -2.10. The van der Waals surface area contributed by atoms with Crippen molar-refractivity contribution in [2.24, 2.45) is 7.05 Å². The van der Waals surface area contributed by atoms with E-state index in [-0.39, 0.29) is 17.9 Å². The standard InChI is InChI=1S/C17H16N4O3/c1-10-12-6-4-5-7-14(12)19-15(18-10)9-21-8-13(11(2)22)16(23)20(3)17(21)24/h4-8H,9H2,1-3H3. The molecule has 0 atom stereocenters. The quantitative estimate of drug-likeness (QED) is 0.672. The molecule has 0 bridgehead atoms. The van der Waals surface area contributed by atoms with Gasteiger partial charge in [-0.3, -0.25) is 18.7 Å². The molecule has 7 heteroatoms. The first-order valence-corrected chi connectivity index (χ1v) is 7.42. The monoisotopic (exact) mass is 324 g/mol. The maximum atomic E-state index is 12.3. The van der Waals surface area contributed by atoms with E-state index in [9.17, 15) is 14.4 Å². The maximum absolute atomic E-state index is 12.3. The first-order chi connectivity index (χ1) is 11.4. The van der Waals surface area contributed by atoms with E-state index >= 15 is 0 Å². The highest BCUT2D eigenvalue weighted by Gasteiger charge is 2.13. The molecule has 0 radical (unpaired) electrons. The van der Waals surface area contributed by atoms with Gasteiger partial charge in [-0.2, -0.15) is 0 Å². The first-order valence-electron chi connectivity index (χ1n) is 7.42. The van der Waals surface area contributed by atoms with Crippen molar-refractivity contribution in [3.05, 3.63) is 68.4 Å². The van der Waals surface area contributed by atoms with Crippen LogP contribution in [0.2, 0.25) is 0 Å². The van der Waals surface area contributed by atoms with Gasteiger partial charge in [0, 0.05) is 24.3 Å². The third-order valence-electron chi connectivity index (χ3n) is 3.88. The van der Waals surface area contributed by atoms with Crippen molar-refractivity contribution in [1.82, 2.24) is 19.1 Å². The van der Waals surface area contributed by atoms with Gasteiger partial charge in [0.25, 0.3) is 5.56 Å². The molecule has 0 unspecified atom stereocenters. The molecule has 0 N–H and O–H groups in total. The second-order valence-electron chi connectivity index (χ2n) is 5.62. The Hall–Kier alpha value is -3.09. The Morgan fingerprint density at radius 1 is 1.17 bits per heavy atom. The van der Waals surface area contributed by atoms with E-state index in [1.54, 1.807) is 0 Å². The molecular weight excluding hydrogens is 308 g/mol. The molecule has 3 rings (SSSR count). The summed E-state index contributed by atoms with van der Waals surface area (Å²) >= 11 is 0. The largest absolute Gasteiger partial charge is 0.331 e. The topological polar surface area (TPSA) is 86.8 Å². The summed E-state index contributed by atoms with van der Waals surface area (Å²) in [5, 5.41) is 0.943. The van der Waals surface area contributed by atoms with Crippen LogP contribution in [0.3, 0.4) is 0 Å². The number of benzene rings is 1. The van der Waals surface area contributed by atoms with Gasteiger partial charge in [0.1, 0.15) is 5.82 Å². The van der Waals surface area contributed by atoms with Crippen molar-refractivity contribution >= 4 is 16.7 Å². The number of hydrogen-bond donors (Lipinski definition) is 0. The molecule has 122 valence electrons. The summed E-state index contributed by atoms with van der Waals surface area (Å²) in [5.74, 6) is 0.0569. The van der Waals surface area contributed by atoms with Gasteiger partial charge in [0.15, 0.2) is 5.78 Å². The Bertz CT molecular complexity index is 1080. The fraction of sp³-hybridized carbons (Fsp3) is 0.235. The van der Waals surface area contributed by atoms with Crippen LogP contribution >= 0.6 is 0 Å². The van der Waals surface area contributed by atoms with Gasteiger partial charge >= 0.3 is 5.69 Å². The fourth-order valence-electron chi connectivity index (χ4n) is 2.60. The summed E-state index contributed by atoms with van der Waals surface area (Å²) in [5.41, 5.74) is 0.443. The second kappa shape index (κ2) is 5.84. The van der Waals surface area contributed by atoms with Gasteiger partial charge in [0.05, 0.1) is 17.6 Å². The molecule has 3 aromatic rings. The molecule has 0 spiro atoms. The van der Waals surface area contributed by atoms with Crippen LogP contribution in [-0.4, -0.2) is 24.9 Å². The number of hydrogen-bond acceptors (Lipinski definition) is 5. The minimum atomic E-state index is -0.598. The van der Waals surface area contributed by atoms with E-state index in [2.05, 4.69) is 9.97 Å². The van der Waals surface area contributed by atoms with E-state index in [0.29, 0.717) is 5.82 Å². The average Bonchev–Trinajstić information content (AvgIpc) is 2.55. The number of carbonyl (C=O) groups excluding carboxylic acids is 1. The van der Waals surface area contributed by atoms with Crippen molar-refractivity contribution in [3.8, 4) is 0 Å². The van der Waals surface area contributed by atoms with Crippen molar-refractivity contribution in [1.29, 1.82) is 0 Å². The lowest BCUT2D eigenvalue weighted by atomic mass is 10.2. The molecule has 1 aromatic carbocycles. The lowest BCUT2D eigenvalue weighted by molar-refractivity contribution is 0.101. The molecule has 0 aliphatic rings. The molecule has 0 aliphatic carbocycles. The molecule has 2 heterocycles. The molecule has 2 aromatic heterocycles. The van der Waals surface area contributed by atoms with Crippen LogP contribution < -0.4 is 11.2 Å². The first kappa shape index (κ1) is 15.8. The number of carbonyl (C=O) groups is 1. The highest BCUT2D eigenvalue weighted by molar-refractivity contribution is 5.93. The molecule has 0 aliphatic heterocycles. The van der Waals surface area contributed by atoms with Crippen LogP contribution in [-0.2, 0) is 13.6 Å². The number of aromatic nitrogens is 4. The number of nitrogens with zero attached hydrogens (tertiary/aromatic N) is 4. The van der Waals surface area contributed by atoms with Gasteiger partial charge in [-0.1, -0.05) is 18.2 Å². The van der Waals surface area contributed by atoms with E-state index < -0.39 is 11.2 Å². The molecule has 0 saturated heterocycles. The zero-order chi connectivity index (χ0) is 17.4. The van der Waals surface area contributed by atoms with Crippen LogP contribution in [0.4, 0.5) is 0 Å². The number of fused-ring (bicyclic) bond motifs is 1. The average molecular weight is 324 g/mol. The highest BCUT2D eigenvalue weighted by atomic mass is 16.2. The van der Waals surface area contributed by atoms with Crippen molar-refractivity contribution in [3.63, 3.8) is 0 Å². The summed E-state index contributed by atoms with van der Waals surface area (Å²) in [6.45, 7) is 3.25. The molecule has 7 nitrogen and oxygen atoms in total. The van der Waals surface area contributed by atoms with Gasteiger partial charge in [-0.05, 0) is 19.9 Å². The number of aryl methyl sites for hydroxylation is 1. The Balaban J connectivity index is 2.14. The lowest BCUT2D eigenvalue weighted by Crippen LogP contribution is -2.40. The molecule has 24 heavy (non-hydrogen) atoms. The van der Waals surface area contributed by atoms with Crippen LogP contribution in [0.15, 0.2) is 40.1 Å². The van der Waals surface area contributed by atoms with Crippen molar-refractivity contribution < 1.29 is 4.79 Å². The Morgan fingerprint density at radius 2 is 1.88 bits per heavy atom. The van der Waals surface area contributed by atoms with Crippen LogP contribution in [0, 0.1) is 6.92 Å². The molecular formula is C17H16N4O3. The summed E-state index contributed by atoms with van der Waals surface area (Å²) in [6, 6.07) is 7.60. The zero-order valence-electron chi connectivity index (χ0n) is 13.6. The summed E-state index contributed by atoms with van der Waals surface area (Å²) < 4.78 is 2.20. The maximum Gasteiger partial charge on any atom is 0.331 e. The normalized spacial score (nSPS) is 11.0. The highest BCUT2D eigenvalue weighted by Crippen LogP contribution is 2.14. The zero-order valence-corrected chi connectivity index (χ0v) is 13.6. The van der Waals surface area contributed by atoms with E-state index in [4.69, 9.17) is 0 Å². The van der Waals surface area contributed by atoms with Crippen LogP contribution in [0.5, 0.6) is 0 Å². The smallest absolute Gasteiger partial charge is 0.294 e. The van der Waals surface area contributed by atoms with Crippen LogP contribution in [0.25, 0.3) is 10.9 Å². The second-order valence-corrected chi connectivity index (χ2v) is 5.62. The number of Topliss-reactive ketones (excluding diaryl/α,β-unsaturated/α-hetero) is 1. The molecule has 0 amide bonds. The van der Waals surface area contributed by atoms with Gasteiger partial charge < -0.3 is 0 Å². The third kappa shape index (κ3) is 2.64. The SMILES string of the molecule is CC(=O)c1cn(Cc2nc(C)c3ccccc3n2)c(=O)n(C)c1=O. The number of para-hydroxylation sites is 1. The van der Waals surface area contributed by atoms with Gasteiger partial charge in [0.2, 0.25) is 0 Å². The molecule has 0 fully saturated rings. The third-order valence-corrected chi connectivity index (χ3v) is 3.88. The minimum Gasteiger partial charge on any atom is -0.294 e. The Labute approximate surface area is 137 Å². The number of rotatable bonds is 3. The van der Waals surface area contributed by atoms with Crippen molar-refractivity contribution in [2.75, 3.05) is 0 Å². The summed E-state index contributed by atoms with van der Waals surface area (Å²) in [7, 11) is 1.35. The minimum absolute atomic E-state index is 0.0328. The van der Waals surface area contributed by atoms with Gasteiger partial charge in [-0.25, -0.2) is 14.8 Å². The molecule has 0 saturated carbocycles. The van der Waals surface area contributed by atoms with Gasteiger partial charge in [-0.15, -0.1) is 0 Å².